The van der Waals surface area contributed by atoms with Crippen LogP contribution in [0.1, 0.15) is 54.9 Å². The van der Waals surface area contributed by atoms with Gasteiger partial charge in [-0.1, -0.05) is 94.4 Å². The first kappa shape index (κ1) is 25.9. The largest absolute Gasteiger partial charge is 0.443 e. The number of amides is 1. The van der Waals surface area contributed by atoms with Gasteiger partial charge in [0.2, 0.25) is 0 Å². The highest BCUT2D eigenvalue weighted by atomic mass is 28.4. The maximum atomic E-state index is 12.8. The fourth-order valence-electron chi connectivity index (χ4n) is 3.84. The van der Waals surface area contributed by atoms with Crippen LogP contribution in [0.4, 0.5) is 4.79 Å². The number of hydrogen-bond acceptors (Lipinski definition) is 3. The van der Waals surface area contributed by atoms with Crippen LogP contribution in [-0.4, -0.2) is 38.1 Å². The molecule has 0 N–H and O–H groups in total. The lowest BCUT2D eigenvalue weighted by Gasteiger charge is -2.43. The first-order valence-electron chi connectivity index (χ1n) is 11.4. The minimum Gasteiger partial charge on any atom is -0.443 e. The van der Waals surface area contributed by atoms with E-state index in [2.05, 4.69) is 69.3 Å². The predicted molar refractivity (Wildman–Crippen MR) is 136 cm³/mol. The topological polar surface area (TPSA) is 38.8 Å². The Balaban J connectivity index is 2.38. The van der Waals surface area contributed by atoms with Gasteiger partial charge in [0.05, 0.1) is 13.2 Å². The second kappa shape index (κ2) is 11.0. The van der Waals surface area contributed by atoms with E-state index in [4.69, 9.17) is 9.16 Å². The van der Waals surface area contributed by atoms with E-state index in [0.29, 0.717) is 13.2 Å². The quantitative estimate of drug-likeness (QED) is 0.480. The van der Waals surface area contributed by atoms with E-state index in [1.54, 1.807) is 4.90 Å². The Labute approximate surface area is 195 Å². The van der Waals surface area contributed by atoms with Crippen molar-refractivity contribution in [1.82, 2.24) is 4.90 Å². The van der Waals surface area contributed by atoms with Gasteiger partial charge in [-0.2, -0.15) is 0 Å². The number of ether oxygens (including phenoxy) is 1. The number of benzene rings is 2. The third-order valence-electron chi connectivity index (χ3n) is 5.22. The molecule has 2 rings (SSSR count). The van der Waals surface area contributed by atoms with Crippen LogP contribution in [0.3, 0.4) is 0 Å². The van der Waals surface area contributed by atoms with Crippen LogP contribution < -0.4 is 10.4 Å². The maximum absolute atomic E-state index is 12.8. The Morgan fingerprint density at radius 2 is 1.41 bits per heavy atom. The van der Waals surface area contributed by atoms with Gasteiger partial charge in [-0.15, -0.1) is 0 Å². The zero-order valence-corrected chi connectivity index (χ0v) is 21.7. The average Bonchev–Trinajstić information content (AvgIpc) is 2.72. The number of rotatable bonds is 8. The molecule has 4 nitrogen and oxygen atoms in total. The number of hydrogen-bond donors (Lipinski definition) is 0. The van der Waals surface area contributed by atoms with Crippen LogP contribution in [0, 0.1) is 0 Å². The van der Waals surface area contributed by atoms with Crippen molar-refractivity contribution >= 4 is 24.8 Å². The maximum Gasteiger partial charge on any atom is 0.414 e. The molecule has 0 aliphatic carbocycles. The molecule has 0 atom stereocenters. The van der Waals surface area contributed by atoms with Gasteiger partial charge >= 0.3 is 6.09 Å². The molecule has 2 aromatic rings. The second-order valence-corrected chi connectivity index (χ2v) is 14.3. The molecule has 0 saturated carbocycles. The summed E-state index contributed by atoms with van der Waals surface area (Å²) in [6.45, 7) is 15.3. The van der Waals surface area contributed by atoms with Crippen molar-refractivity contribution in [1.29, 1.82) is 0 Å². The van der Waals surface area contributed by atoms with E-state index in [-0.39, 0.29) is 11.1 Å². The minimum absolute atomic E-state index is 0.105. The van der Waals surface area contributed by atoms with Crippen molar-refractivity contribution in [2.45, 2.75) is 65.5 Å². The van der Waals surface area contributed by atoms with Crippen molar-refractivity contribution < 1.29 is 14.0 Å². The molecule has 0 aliphatic rings. The van der Waals surface area contributed by atoms with Gasteiger partial charge in [0, 0.05) is 6.20 Å². The molecule has 5 heteroatoms. The molecule has 1 amide bonds. The normalized spacial score (nSPS) is 12.7. The summed E-state index contributed by atoms with van der Waals surface area (Å²) in [6, 6.07) is 21.1. The van der Waals surface area contributed by atoms with Crippen molar-refractivity contribution in [2.24, 2.45) is 0 Å². The Bertz CT molecular complexity index is 828. The van der Waals surface area contributed by atoms with Crippen molar-refractivity contribution in [3.63, 3.8) is 0 Å². The summed E-state index contributed by atoms with van der Waals surface area (Å²) >= 11 is 0. The van der Waals surface area contributed by atoms with E-state index in [9.17, 15) is 4.79 Å². The Kier molecular flexibility index (Phi) is 8.87. The first-order chi connectivity index (χ1) is 15.0. The van der Waals surface area contributed by atoms with Crippen LogP contribution in [0.2, 0.25) is 5.04 Å². The summed E-state index contributed by atoms with van der Waals surface area (Å²) in [5.41, 5.74) is -0.547. The van der Waals surface area contributed by atoms with Crippen LogP contribution in [-0.2, 0) is 9.16 Å². The third-order valence-corrected chi connectivity index (χ3v) is 10.3. The summed E-state index contributed by atoms with van der Waals surface area (Å²) in [5.74, 6) is 0. The van der Waals surface area contributed by atoms with E-state index in [1.165, 1.54) is 10.4 Å². The molecule has 32 heavy (non-hydrogen) atoms. The van der Waals surface area contributed by atoms with Gasteiger partial charge in [-0.05, 0) is 42.6 Å². The van der Waals surface area contributed by atoms with Gasteiger partial charge in [-0.25, -0.2) is 4.79 Å². The molecule has 2 aromatic carbocycles. The smallest absolute Gasteiger partial charge is 0.414 e. The van der Waals surface area contributed by atoms with E-state index >= 15 is 0 Å². The molecule has 0 unspecified atom stereocenters. The summed E-state index contributed by atoms with van der Waals surface area (Å²) in [5, 5.41) is 2.35. The molecule has 174 valence electrons. The molecular formula is C27H39NO3Si. The number of carbonyl (C=O) groups excluding carboxylic acids is 1. The Hall–Kier alpha value is -2.37. The highest BCUT2D eigenvalue weighted by Crippen LogP contribution is 2.36. The zero-order valence-electron chi connectivity index (χ0n) is 20.7. The SMILES string of the molecule is CC/C=C\N(CCO[Si](c1ccccc1)(c1ccccc1)C(C)(C)C)C(=O)OC(C)(C)C. The van der Waals surface area contributed by atoms with Crippen LogP contribution in [0.25, 0.3) is 0 Å². The first-order valence-corrected chi connectivity index (χ1v) is 13.3. The van der Waals surface area contributed by atoms with Crippen molar-refractivity contribution in [2.75, 3.05) is 13.2 Å². The highest BCUT2D eigenvalue weighted by Gasteiger charge is 2.50. The van der Waals surface area contributed by atoms with E-state index in [1.807, 2.05) is 52.1 Å². The lowest BCUT2D eigenvalue weighted by Crippen LogP contribution is -2.67. The van der Waals surface area contributed by atoms with E-state index < -0.39 is 13.9 Å². The number of nitrogens with zero attached hydrogens (tertiary/aromatic N) is 1. The van der Waals surface area contributed by atoms with Gasteiger partial charge in [0.15, 0.2) is 0 Å². The van der Waals surface area contributed by atoms with Gasteiger partial charge < -0.3 is 9.16 Å². The van der Waals surface area contributed by atoms with Crippen LogP contribution >= 0.6 is 0 Å². The van der Waals surface area contributed by atoms with Crippen molar-refractivity contribution in [3.05, 3.63) is 72.9 Å². The van der Waals surface area contributed by atoms with Crippen LogP contribution in [0.15, 0.2) is 72.9 Å². The molecule has 0 bridgehead atoms. The fraction of sp³-hybridized carbons (Fsp3) is 0.444. The number of carbonyl (C=O) groups is 1. The Morgan fingerprint density at radius 1 is 0.906 bits per heavy atom. The summed E-state index contributed by atoms with van der Waals surface area (Å²) in [6.07, 6.45) is 4.26. The average molecular weight is 454 g/mol. The molecule has 0 aromatic heterocycles. The van der Waals surface area contributed by atoms with Gasteiger partial charge in [0.25, 0.3) is 8.32 Å². The molecule has 0 radical (unpaired) electrons. The van der Waals surface area contributed by atoms with E-state index in [0.717, 1.165) is 6.42 Å². The zero-order chi connectivity index (χ0) is 23.8. The fourth-order valence-corrected chi connectivity index (χ4v) is 8.39. The van der Waals surface area contributed by atoms with Gasteiger partial charge in [-0.3, -0.25) is 4.90 Å². The lowest BCUT2D eigenvalue weighted by molar-refractivity contribution is 0.0314. The van der Waals surface area contributed by atoms with Gasteiger partial charge in [0.1, 0.15) is 5.60 Å². The molecule has 0 aliphatic heterocycles. The molecular weight excluding hydrogens is 414 g/mol. The molecule has 0 heterocycles. The summed E-state index contributed by atoms with van der Waals surface area (Å²) in [7, 11) is -2.63. The minimum atomic E-state index is -2.63. The second-order valence-electron chi connectivity index (χ2n) is 9.98. The molecule has 0 saturated heterocycles. The van der Waals surface area contributed by atoms with Crippen molar-refractivity contribution in [3.8, 4) is 0 Å². The van der Waals surface area contributed by atoms with Crippen LogP contribution in [0.5, 0.6) is 0 Å². The Morgan fingerprint density at radius 3 is 1.81 bits per heavy atom. The summed E-state index contributed by atoms with van der Waals surface area (Å²) in [4.78, 5) is 14.4. The predicted octanol–water partition coefficient (Wildman–Crippen LogP) is 5.72. The highest BCUT2D eigenvalue weighted by molar-refractivity contribution is 6.99. The lowest BCUT2D eigenvalue weighted by atomic mass is 10.2. The monoisotopic (exact) mass is 453 g/mol. The molecule has 0 fully saturated rings. The third kappa shape index (κ3) is 6.56. The number of allylic oxidation sites excluding steroid dienone is 1. The molecule has 0 spiro atoms. The summed E-state index contributed by atoms with van der Waals surface area (Å²) < 4.78 is 12.5. The standard InChI is InChI=1S/C27H39NO3Si/c1-8-9-20-28(25(29)31-26(2,3)4)21-22-30-32(27(5,6)7,23-16-12-10-13-17-23)24-18-14-11-15-19-24/h9-20H,8,21-22H2,1-7H3/b20-9-.